The molecule has 1 aromatic rings. The Kier molecular flexibility index (Phi) is 6.89. The molecular weight excluding hydrogens is 403 g/mol. The minimum Gasteiger partial charge on any atom is -0.366 e. The number of aryl methyl sites for hydroxylation is 1. The molecule has 9 nitrogen and oxygen atoms in total. The number of ether oxygens (including phenoxy) is 2. The predicted molar refractivity (Wildman–Crippen MR) is 105 cm³/mol. The van der Waals surface area contributed by atoms with Crippen molar-refractivity contribution in [1.82, 2.24) is 13.9 Å². The van der Waals surface area contributed by atoms with Crippen LogP contribution in [0.15, 0.2) is 20.1 Å². The zero-order valence-corrected chi connectivity index (χ0v) is 17.0. The third kappa shape index (κ3) is 5.14. The van der Waals surface area contributed by atoms with Gasteiger partial charge in [-0.2, -0.15) is 12.9 Å². The lowest BCUT2D eigenvalue weighted by Crippen LogP contribution is -2.35. The Bertz CT molecular complexity index is 1000. The summed E-state index contributed by atoms with van der Waals surface area (Å²) in [5.74, 6) is 2.33. The lowest BCUT2D eigenvalue weighted by molar-refractivity contribution is -0.0404. The van der Waals surface area contributed by atoms with Gasteiger partial charge >= 0.3 is 5.69 Å². The van der Waals surface area contributed by atoms with Crippen molar-refractivity contribution in [2.75, 3.05) is 26.3 Å². The smallest absolute Gasteiger partial charge is 0.330 e. The molecule has 2 fully saturated rings. The van der Waals surface area contributed by atoms with Gasteiger partial charge in [0.2, 0.25) is 0 Å². The number of terminal acetylenes is 1. The number of halogens is 1. The van der Waals surface area contributed by atoms with Crippen molar-refractivity contribution < 1.29 is 17.6 Å². The molecule has 3 rings (SSSR count). The van der Waals surface area contributed by atoms with Crippen molar-refractivity contribution in [2.45, 2.75) is 51.0 Å². The molecule has 0 spiro atoms. The first-order chi connectivity index (χ1) is 13.8. The third-order valence-electron chi connectivity index (χ3n) is 5.03. The number of aromatic nitrogens is 2. The van der Waals surface area contributed by atoms with Crippen molar-refractivity contribution in [3.05, 3.63) is 32.6 Å². The molecule has 2 aliphatic heterocycles. The quantitative estimate of drug-likeness (QED) is 0.412. The van der Waals surface area contributed by atoms with E-state index in [0.717, 1.165) is 19.3 Å². The van der Waals surface area contributed by atoms with Crippen LogP contribution in [0.5, 0.6) is 0 Å². The molecule has 4 atom stereocenters. The zero-order chi connectivity index (χ0) is 21.0. The van der Waals surface area contributed by atoms with E-state index in [1.54, 1.807) is 6.92 Å². The highest BCUT2D eigenvalue weighted by Gasteiger charge is 2.39. The van der Waals surface area contributed by atoms with E-state index in [0.29, 0.717) is 18.7 Å². The summed E-state index contributed by atoms with van der Waals surface area (Å²) in [4.78, 5) is 26.0. The fourth-order valence-electron chi connectivity index (χ4n) is 3.50. The highest BCUT2D eigenvalue weighted by Crippen LogP contribution is 2.32. The van der Waals surface area contributed by atoms with Gasteiger partial charge in [-0.15, -0.1) is 10.3 Å². The van der Waals surface area contributed by atoms with Gasteiger partial charge in [0.1, 0.15) is 18.9 Å². The number of hydrogen-bond donors (Lipinski definition) is 1. The van der Waals surface area contributed by atoms with Crippen LogP contribution in [-0.4, -0.2) is 56.5 Å². The lowest BCUT2D eigenvalue weighted by atomic mass is 10.1. The molecule has 2 aliphatic rings. The van der Waals surface area contributed by atoms with E-state index in [9.17, 15) is 17.7 Å². The fraction of sp³-hybridized carbons (Fsp3) is 0.667. The monoisotopic (exact) mass is 428 g/mol. The SMILES string of the molecule is C#CCOC[C@H]1O[C@@H](n2cc(C)c(=O)[nH]c2=O)C[C@@H]1N=S(=O)(F)N1CCCCC1. The first-order valence-corrected chi connectivity index (χ1v) is 10.9. The standard InChI is InChI=1S/C18H25FN4O5S/c1-3-9-27-12-15-14(21-29(19,26)22-7-5-4-6-8-22)10-16(28-15)23-11-13(2)17(24)20-18(23)25/h1,11,14-16H,4-10,12H2,2H3,(H,20,24,25)/t14-,15+,16+,29?/m0/s1. The van der Waals surface area contributed by atoms with Crippen LogP contribution in [0.1, 0.15) is 37.5 Å². The Morgan fingerprint density at radius 1 is 1.41 bits per heavy atom. The van der Waals surface area contributed by atoms with Crippen LogP contribution in [0.2, 0.25) is 0 Å². The number of nitrogens with one attached hydrogen (secondary N) is 1. The predicted octanol–water partition coefficient (Wildman–Crippen LogP) is 0.904. The van der Waals surface area contributed by atoms with Crippen LogP contribution >= 0.6 is 0 Å². The van der Waals surface area contributed by atoms with Crippen molar-refractivity contribution in [2.24, 2.45) is 4.36 Å². The van der Waals surface area contributed by atoms with E-state index in [2.05, 4.69) is 15.3 Å². The average molecular weight is 428 g/mol. The summed E-state index contributed by atoms with van der Waals surface area (Å²) >= 11 is 0. The van der Waals surface area contributed by atoms with Crippen LogP contribution in [0, 0.1) is 19.3 Å². The van der Waals surface area contributed by atoms with E-state index in [4.69, 9.17) is 15.9 Å². The Balaban J connectivity index is 1.87. The van der Waals surface area contributed by atoms with Gasteiger partial charge in [0.25, 0.3) is 15.9 Å². The second-order valence-corrected chi connectivity index (χ2v) is 8.75. The second-order valence-electron chi connectivity index (χ2n) is 7.16. The van der Waals surface area contributed by atoms with Gasteiger partial charge in [0, 0.05) is 31.3 Å². The molecule has 0 aromatic carbocycles. The largest absolute Gasteiger partial charge is 0.366 e. The summed E-state index contributed by atoms with van der Waals surface area (Å²) < 4.78 is 45.2. The van der Waals surface area contributed by atoms with Gasteiger partial charge in [-0.05, 0) is 19.8 Å². The summed E-state index contributed by atoms with van der Waals surface area (Å²) in [6, 6.07) is -0.795. The minimum atomic E-state index is -4.07. The molecule has 0 aliphatic carbocycles. The van der Waals surface area contributed by atoms with E-state index in [1.165, 1.54) is 15.1 Å². The van der Waals surface area contributed by atoms with Crippen molar-refractivity contribution >= 4 is 10.3 Å². The average Bonchev–Trinajstić information content (AvgIpc) is 3.07. The van der Waals surface area contributed by atoms with E-state index in [-0.39, 0.29) is 19.6 Å². The third-order valence-corrected chi connectivity index (χ3v) is 6.56. The van der Waals surface area contributed by atoms with Gasteiger partial charge in [0.05, 0.1) is 12.6 Å². The lowest BCUT2D eigenvalue weighted by Gasteiger charge is -2.25. The molecule has 3 heterocycles. The fourth-order valence-corrected chi connectivity index (χ4v) is 4.90. The summed E-state index contributed by atoms with van der Waals surface area (Å²) in [5.41, 5.74) is -0.806. The number of rotatable bonds is 6. The molecule has 0 radical (unpaired) electrons. The van der Waals surface area contributed by atoms with Gasteiger partial charge in [0.15, 0.2) is 0 Å². The number of hydrogen-bond acceptors (Lipinski definition) is 6. The van der Waals surface area contributed by atoms with Crippen LogP contribution in [0.25, 0.3) is 0 Å². The molecule has 0 saturated carbocycles. The molecule has 0 bridgehead atoms. The molecule has 1 unspecified atom stereocenters. The molecule has 160 valence electrons. The van der Waals surface area contributed by atoms with Gasteiger partial charge < -0.3 is 9.47 Å². The first kappa shape index (κ1) is 21.7. The molecule has 2 saturated heterocycles. The van der Waals surface area contributed by atoms with E-state index >= 15 is 0 Å². The maximum absolute atomic E-state index is 15.0. The molecule has 1 aromatic heterocycles. The van der Waals surface area contributed by atoms with Crippen LogP contribution in [-0.2, 0) is 19.8 Å². The normalized spacial score (nSPS) is 27.3. The Morgan fingerprint density at radius 2 is 2.14 bits per heavy atom. The van der Waals surface area contributed by atoms with Gasteiger partial charge in [-0.1, -0.05) is 12.3 Å². The van der Waals surface area contributed by atoms with Crippen molar-refractivity contribution in [3.8, 4) is 12.3 Å². The maximum Gasteiger partial charge on any atom is 0.330 e. The highest BCUT2D eigenvalue weighted by molar-refractivity contribution is 7.86. The minimum absolute atomic E-state index is 0.0153. The topological polar surface area (TPSA) is 106 Å². The van der Waals surface area contributed by atoms with Crippen LogP contribution < -0.4 is 11.2 Å². The Morgan fingerprint density at radius 3 is 2.83 bits per heavy atom. The summed E-state index contributed by atoms with van der Waals surface area (Å²) in [6.45, 7) is 2.37. The number of H-pyrrole nitrogens is 1. The summed E-state index contributed by atoms with van der Waals surface area (Å²) in [6.07, 6.45) is 7.65. The molecule has 11 heteroatoms. The molecule has 1 N–H and O–H groups in total. The molecular formula is C18H25FN4O5S. The van der Waals surface area contributed by atoms with Gasteiger partial charge in [-0.3, -0.25) is 14.3 Å². The maximum atomic E-state index is 15.0. The van der Waals surface area contributed by atoms with Crippen LogP contribution in [0.4, 0.5) is 3.89 Å². The highest BCUT2D eigenvalue weighted by atomic mass is 32.3. The number of nitrogens with zero attached hydrogens (tertiary/aromatic N) is 3. The summed E-state index contributed by atoms with van der Waals surface area (Å²) in [5, 5.41) is 0. The van der Waals surface area contributed by atoms with Gasteiger partial charge in [-0.25, -0.2) is 4.79 Å². The number of piperidine rings is 1. The summed E-state index contributed by atoms with van der Waals surface area (Å²) in [7, 11) is -4.07. The Labute approximate surface area is 168 Å². The molecule has 0 amide bonds. The zero-order valence-electron chi connectivity index (χ0n) is 16.2. The number of aromatic amines is 1. The van der Waals surface area contributed by atoms with Crippen molar-refractivity contribution in [1.29, 1.82) is 0 Å². The van der Waals surface area contributed by atoms with Crippen molar-refractivity contribution in [3.63, 3.8) is 0 Å². The second kappa shape index (κ2) is 9.21. The Hall–Kier alpha value is -2.00. The van der Waals surface area contributed by atoms with E-state index < -0.39 is 39.9 Å². The van der Waals surface area contributed by atoms with Crippen LogP contribution in [0.3, 0.4) is 0 Å². The van der Waals surface area contributed by atoms with E-state index in [1.807, 2.05) is 0 Å². The molecule has 29 heavy (non-hydrogen) atoms. The first-order valence-electron chi connectivity index (χ1n) is 9.51.